The van der Waals surface area contributed by atoms with Gasteiger partial charge < -0.3 is 4.84 Å². The number of halogens is 1. The molecule has 0 fully saturated rings. The molecule has 0 bridgehead atoms. The van der Waals surface area contributed by atoms with Gasteiger partial charge in [0.05, 0.1) is 5.71 Å². The average Bonchev–Trinajstić information content (AvgIpc) is 2.93. The summed E-state index contributed by atoms with van der Waals surface area (Å²) in [6.45, 7) is 1.75. The molecule has 0 spiro atoms. The first-order valence-corrected chi connectivity index (χ1v) is 6.28. The van der Waals surface area contributed by atoms with Crippen molar-refractivity contribution in [1.29, 1.82) is 0 Å². The summed E-state index contributed by atoms with van der Waals surface area (Å²) in [4.78, 5) is 5.47. The van der Waals surface area contributed by atoms with E-state index in [2.05, 4.69) is 5.16 Å². The predicted octanol–water partition coefficient (Wildman–Crippen LogP) is 4.00. The molecule has 2 aromatic rings. The fraction of sp³-hybridized carbons (Fsp3) is 0.188. The molecule has 2 aromatic carbocycles. The molecule has 1 heterocycles. The largest absolute Gasteiger partial charge is 0.387 e. The molecule has 19 heavy (non-hydrogen) atoms. The number of hydrogen-bond acceptors (Lipinski definition) is 2. The molecule has 2 nitrogen and oxygen atoms in total. The van der Waals surface area contributed by atoms with Crippen molar-refractivity contribution in [2.45, 2.75) is 19.4 Å². The first kappa shape index (κ1) is 11.9. The lowest BCUT2D eigenvalue weighted by Gasteiger charge is -2.07. The molecule has 1 aliphatic rings. The fourth-order valence-electron chi connectivity index (χ4n) is 2.22. The molecular weight excluding hydrogens is 241 g/mol. The van der Waals surface area contributed by atoms with E-state index in [4.69, 9.17) is 4.84 Å². The fourth-order valence-corrected chi connectivity index (χ4v) is 2.22. The Kier molecular flexibility index (Phi) is 3.03. The van der Waals surface area contributed by atoms with Crippen LogP contribution in [0, 0.1) is 12.7 Å². The Labute approximate surface area is 111 Å². The molecule has 0 radical (unpaired) electrons. The van der Waals surface area contributed by atoms with Crippen molar-refractivity contribution < 1.29 is 9.23 Å². The zero-order valence-corrected chi connectivity index (χ0v) is 10.6. The van der Waals surface area contributed by atoms with Crippen molar-refractivity contribution in [2.75, 3.05) is 0 Å². The lowest BCUT2D eigenvalue weighted by atomic mass is 9.99. The molecule has 1 unspecified atom stereocenters. The van der Waals surface area contributed by atoms with Gasteiger partial charge >= 0.3 is 0 Å². The van der Waals surface area contributed by atoms with E-state index >= 15 is 0 Å². The van der Waals surface area contributed by atoms with Crippen LogP contribution in [-0.4, -0.2) is 5.71 Å². The monoisotopic (exact) mass is 255 g/mol. The van der Waals surface area contributed by atoms with Crippen LogP contribution in [0.3, 0.4) is 0 Å². The average molecular weight is 255 g/mol. The van der Waals surface area contributed by atoms with Gasteiger partial charge in [0.25, 0.3) is 0 Å². The van der Waals surface area contributed by atoms with E-state index in [1.54, 1.807) is 13.0 Å². The lowest BCUT2D eigenvalue weighted by Crippen LogP contribution is -2.02. The van der Waals surface area contributed by atoms with Gasteiger partial charge in [-0.15, -0.1) is 0 Å². The van der Waals surface area contributed by atoms with Gasteiger partial charge in [0.1, 0.15) is 5.82 Å². The van der Waals surface area contributed by atoms with Crippen molar-refractivity contribution in [3.8, 4) is 0 Å². The van der Waals surface area contributed by atoms with E-state index in [9.17, 15) is 4.39 Å². The van der Waals surface area contributed by atoms with Gasteiger partial charge in [0, 0.05) is 6.42 Å². The van der Waals surface area contributed by atoms with E-state index in [-0.39, 0.29) is 11.9 Å². The second-order valence-corrected chi connectivity index (χ2v) is 4.71. The van der Waals surface area contributed by atoms with Crippen molar-refractivity contribution >= 4 is 5.71 Å². The van der Waals surface area contributed by atoms with Gasteiger partial charge in [-0.3, -0.25) is 0 Å². The van der Waals surface area contributed by atoms with Crippen LogP contribution < -0.4 is 0 Å². The minimum atomic E-state index is -0.192. The molecule has 0 saturated carbocycles. The van der Waals surface area contributed by atoms with Crippen LogP contribution in [0.4, 0.5) is 4.39 Å². The standard InChI is InChI=1S/C16H14FNO/c1-11-9-13(7-8-14(11)17)15-10-16(19-18-15)12-5-3-2-4-6-12/h2-9,16H,10H2,1H3. The Hall–Kier alpha value is -2.16. The maximum absolute atomic E-state index is 13.3. The Balaban J connectivity index is 1.80. The van der Waals surface area contributed by atoms with Gasteiger partial charge in [-0.25, -0.2) is 4.39 Å². The highest BCUT2D eigenvalue weighted by molar-refractivity contribution is 6.01. The summed E-state index contributed by atoms with van der Waals surface area (Å²) in [5, 5.41) is 4.13. The Morgan fingerprint density at radius 3 is 2.68 bits per heavy atom. The number of oxime groups is 1. The van der Waals surface area contributed by atoms with Crippen LogP contribution in [-0.2, 0) is 4.84 Å². The summed E-state index contributed by atoms with van der Waals surface area (Å²) in [5.74, 6) is -0.192. The summed E-state index contributed by atoms with van der Waals surface area (Å²) >= 11 is 0. The van der Waals surface area contributed by atoms with Crippen LogP contribution in [0.1, 0.15) is 29.2 Å². The normalized spacial score (nSPS) is 18.0. The zero-order valence-electron chi connectivity index (χ0n) is 10.6. The van der Waals surface area contributed by atoms with E-state index in [0.29, 0.717) is 5.56 Å². The quantitative estimate of drug-likeness (QED) is 0.794. The molecule has 0 aliphatic carbocycles. The summed E-state index contributed by atoms with van der Waals surface area (Å²) in [6.07, 6.45) is 0.677. The third kappa shape index (κ3) is 2.36. The molecule has 3 heteroatoms. The Bertz CT molecular complexity index is 622. The number of nitrogens with zero attached hydrogens (tertiary/aromatic N) is 1. The number of aryl methyl sites for hydroxylation is 1. The lowest BCUT2D eigenvalue weighted by molar-refractivity contribution is 0.0857. The SMILES string of the molecule is Cc1cc(C2=NOC(c3ccccc3)C2)ccc1F. The van der Waals surface area contributed by atoms with Gasteiger partial charge in [0.2, 0.25) is 0 Å². The highest BCUT2D eigenvalue weighted by Gasteiger charge is 2.23. The molecule has 0 aromatic heterocycles. The molecular formula is C16H14FNO. The minimum absolute atomic E-state index is 0.0402. The van der Waals surface area contributed by atoms with Crippen molar-refractivity contribution in [3.05, 3.63) is 71.0 Å². The van der Waals surface area contributed by atoms with Crippen molar-refractivity contribution in [3.63, 3.8) is 0 Å². The summed E-state index contributed by atoms with van der Waals surface area (Å²) in [6, 6.07) is 15.0. The smallest absolute Gasteiger partial charge is 0.158 e. The number of hydrogen-bond donors (Lipinski definition) is 0. The van der Waals surface area contributed by atoms with Crippen LogP contribution in [0.15, 0.2) is 53.7 Å². The van der Waals surface area contributed by atoms with Crippen molar-refractivity contribution in [1.82, 2.24) is 0 Å². The predicted molar refractivity (Wildman–Crippen MR) is 72.6 cm³/mol. The second kappa shape index (κ2) is 4.84. The summed E-state index contributed by atoms with van der Waals surface area (Å²) in [7, 11) is 0. The molecule has 96 valence electrons. The third-order valence-corrected chi connectivity index (χ3v) is 3.33. The van der Waals surface area contributed by atoms with Gasteiger partial charge in [-0.05, 0) is 35.7 Å². The molecule has 0 saturated heterocycles. The molecule has 0 N–H and O–H groups in total. The van der Waals surface area contributed by atoms with Gasteiger partial charge in [-0.2, -0.15) is 0 Å². The zero-order chi connectivity index (χ0) is 13.2. The van der Waals surface area contributed by atoms with Crippen LogP contribution in [0.2, 0.25) is 0 Å². The van der Waals surface area contributed by atoms with Crippen molar-refractivity contribution in [2.24, 2.45) is 5.16 Å². The maximum Gasteiger partial charge on any atom is 0.158 e. The van der Waals surface area contributed by atoms with E-state index < -0.39 is 0 Å². The Morgan fingerprint density at radius 1 is 1.16 bits per heavy atom. The minimum Gasteiger partial charge on any atom is -0.387 e. The summed E-state index contributed by atoms with van der Waals surface area (Å²) < 4.78 is 13.3. The van der Waals surface area contributed by atoms with Crippen LogP contribution >= 0.6 is 0 Å². The van der Waals surface area contributed by atoms with E-state index in [0.717, 1.165) is 23.3 Å². The summed E-state index contributed by atoms with van der Waals surface area (Å²) in [5.41, 5.74) is 3.54. The Morgan fingerprint density at radius 2 is 1.95 bits per heavy atom. The first-order valence-electron chi connectivity index (χ1n) is 6.28. The van der Waals surface area contributed by atoms with E-state index in [1.807, 2.05) is 36.4 Å². The second-order valence-electron chi connectivity index (χ2n) is 4.71. The molecule has 1 aliphatic heterocycles. The van der Waals surface area contributed by atoms with E-state index in [1.165, 1.54) is 6.07 Å². The highest BCUT2D eigenvalue weighted by atomic mass is 19.1. The first-order chi connectivity index (χ1) is 9.24. The highest BCUT2D eigenvalue weighted by Crippen LogP contribution is 2.29. The topological polar surface area (TPSA) is 21.6 Å². The molecule has 0 amide bonds. The van der Waals surface area contributed by atoms with Crippen LogP contribution in [0.25, 0.3) is 0 Å². The number of rotatable bonds is 2. The van der Waals surface area contributed by atoms with Gasteiger partial charge in [-0.1, -0.05) is 41.6 Å². The molecule has 3 rings (SSSR count). The van der Waals surface area contributed by atoms with Crippen LogP contribution in [0.5, 0.6) is 0 Å². The maximum atomic E-state index is 13.3. The third-order valence-electron chi connectivity index (χ3n) is 3.33. The van der Waals surface area contributed by atoms with Gasteiger partial charge in [0.15, 0.2) is 6.10 Å². The molecule has 1 atom stereocenters. The number of benzene rings is 2.